The Balaban J connectivity index is 1.40. The number of hydrogen-bond donors (Lipinski definition) is 2. The van der Waals surface area contributed by atoms with Crippen LogP contribution in [0.3, 0.4) is 0 Å². The van der Waals surface area contributed by atoms with E-state index < -0.39 is 16.7 Å². The molecule has 0 aliphatic heterocycles. The third kappa shape index (κ3) is 5.38. The largest absolute Gasteiger partial charge is 0.390 e. The van der Waals surface area contributed by atoms with Crippen molar-refractivity contribution in [1.29, 1.82) is 0 Å². The highest BCUT2D eigenvalue weighted by molar-refractivity contribution is 6.30. The van der Waals surface area contributed by atoms with E-state index >= 15 is 0 Å². The first-order chi connectivity index (χ1) is 14.3. The Morgan fingerprint density at radius 3 is 2.77 bits per heavy atom. The molecule has 0 aromatic carbocycles. The number of nitrogens with zero attached hydrogens (tertiary/aromatic N) is 7. The van der Waals surface area contributed by atoms with Gasteiger partial charge in [0, 0.05) is 19.3 Å². The van der Waals surface area contributed by atoms with Gasteiger partial charge in [-0.25, -0.2) is 0 Å². The van der Waals surface area contributed by atoms with Crippen LogP contribution in [-0.4, -0.2) is 59.5 Å². The first-order valence-electron chi connectivity index (χ1n) is 8.56. The lowest BCUT2D eigenvalue weighted by molar-refractivity contribution is -0.389. The molecule has 0 spiro atoms. The van der Waals surface area contributed by atoms with Crippen molar-refractivity contribution in [2.75, 3.05) is 13.1 Å². The van der Waals surface area contributed by atoms with Gasteiger partial charge < -0.3 is 25.3 Å². The molecule has 15 heteroatoms. The molecule has 0 unspecified atom stereocenters. The normalized spacial score (nSPS) is 10.7. The van der Waals surface area contributed by atoms with E-state index in [0.29, 0.717) is 10.7 Å². The number of halogens is 1. The molecule has 0 aliphatic rings. The van der Waals surface area contributed by atoms with Crippen LogP contribution in [0, 0.1) is 17.0 Å². The van der Waals surface area contributed by atoms with E-state index in [1.54, 1.807) is 13.1 Å². The second kappa shape index (κ2) is 9.13. The molecule has 0 aliphatic carbocycles. The standard InChI is InChI=1S/C15H16ClN9O5/c1-9-4-12(25(28)29)21-24(9)8-13(26)17-2-3-18-14(27)15-20-11(22-30-15)7-23-6-10(16)5-19-23/h4-6H,2-3,7-8H2,1H3,(H,17,26)(H,18,27). The summed E-state index contributed by atoms with van der Waals surface area (Å²) in [5.41, 5.74) is 0.481. The number of carbonyl (C=O) groups is 2. The second-order valence-corrected chi connectivity index (χ2v) is 6.47. The summed E-state index contributed by atoms with van der Waals surface area (Å²) >= 11 is 5.77. The average Bonchev–Trinajstić information content (AvgIpc) is 3.40. The van der Waals surface area contributed by atoms with Gasteiger partial charge in [-0.3, -0.25) is 14.3 Å². The molecule has 2 amide bonds. The number of aromatic nitrogens is 6. The first kappa shape index (κ1) is 20.9. The van der Waals surface area contributed by atoms with Crippen molar-refractivity contribution in [3.8, 4) is 0 Å². The quantitative estimate of drug-likeness (QED) is 0.263. The number of rotatable bonds is 9. The lowest BCUT2D eigenvalue weighted by Gasteiger charge is -2.05. The number of hydrogen-bond acceptors (Lipinski definition) is 9. The third-order valence-corrected chi connectivity index (χ3v) is 3.94. The summed E-state index contributed by atoms with van der Waals surface area (Å²) in [7, 11) is 0. The van der Waals surface area contributed by atoms with E-state index in [0.717, 1.165) is 0 Å². The molecule has 30 heavy (non-hydrogen) atoms. The Bertz CT molecular complexity index is 1070. The fraction of sp³-hybridized carbons (Fsp3) is 0.333. The highest BCUT2D eigenvalue weighted by Gasteiger charge is 2.18. The Kier molecular flexibility index (Phi) is 6.36. The maximum absolute atomic E-state index is 12.0. The summed E-state index contributed by atoms with van der Waals surface area (Å²) in [6.07, 6.45) is 3.03. The van der Waals surface area contributed by atoms with Gasteiger partial charge in [-0.2, -0.15) is 14.8 Å². The van der Waals surface area contributed by atoms with Crippen LogP contribution >= 0.6 is 11.6 Å². The first-order valence-corrected chi connectivity index (χ1v) is 8.94. The summed E-state index contributed by atoms with van der Waals surface area (Å²) in [6, 6.07) is 1.27. The van der Waals surface area contributed by atoms with Crippen LogP contribution in [0.1, 0.15) is 22.2 Å². The maximum atomic E-state index is 12.0. The molecule has 0 atom stereocenters. The molecule has 0 fully saturated rings. The molecule has 3 rings (SSSR count). The molecule has 0 bridgehead atoms. The average molecular weight is 438 g/mol. The summed E-state index contributed by atoms with van der Waals surface area (Å²) in [4.78, 5) is 38.0. The molecule has 158 valence electrons. The molecule has 0 radical (unpaired) electrons. The molecular formula is C15H16ClN9O5. The van der Waals surface area contributed by atoms with Crippen molar-refractivity contribution in [2.45, 2.75) is 20.0 Å². The van der Waals surface area contributed by atoms with Crippen LogP contribution in [0.5, 0.6) is 0 Å². The van der Waals surface area contributed by atoms with Crippen LogP contribution in [0.4, 0.5) is 5.82 Å². The molecule has 0 saturated heterocycles. The highest BCUT2D eigenvalue weighted by Crippen LogP contribution is 2.10. The van der Waals surface area contributed by atoms with Gasteiger partial charge in [-0.15, -0.1) is 0 Å². The van der Waals surface area contributed by atoms with Gasteiger partial charge in [-0.05, 0) is 11.8 Å². The number of aryl methyl sites for hydroxylation is 1. The Morgan fingerprint density at radius 1 is 1.33 bits per heavy atom. The smallest absolute Gasteiger partial charge is 0.358 e. The van der Waals surface area contributed by atoms with Gasteiger partial charge in [-0.1, -0.05) is 16.8 Å². The predicted octanol–water partition coefficient (Wildman–Crippen LogP) is -0.0729. The second-order valence-electron chi connectivity index (χ2n) is 6.04. The van der Waals surface area contributed by atoms with Crippen molar-refractivity contribution >= 4 is 29.2 Å². The molecule has 2 N–H and O–H groups in total. The number of carbonyl (C=O) groups excluding carboxylic acids is 2. The lowest BCUT2D eigenvalue weighted by atomic mass is 10.4. The third-order valence-electron chi connectivity index (χ3n) is 3.75. The predicted molar refractivity (Wildman–Crippen MR) is 99.6 cm³/mol. The SMILES string of the molecule is Cc1cc([N+](=O)[O-])nn1CC(=O)NCCNC(=O)c1nc(Cn2cc(Cl)cn2)no1. The minimum absolute atomic E-state index is 0.106. The van der Waals surface area contributed by atoms with E-state index in [2.05, 4.69) is 31.0 Å². The fourth-order valence-electron chi connectivity index (χ4n) is 2.37. The van der Waals surface area contributed by atoms with Crippen LogP contribution in [-0.2, 0) is 17.9 Å². The van der Waals surface area contributed by atoms with Crippen LogP contribution < -0.4 is 10.6 Å². The summed E-state index contributed by atoms with van der Waals surface area (Å²) in [5, 5.41) is 27.6. The lowest BCUT2D eigenvalue weighted by Crippen LogP contribution is -2.36. The van der Waals surface area contributed by atoms with Crippen molar-refractivity contribution in [2.24, 2.45) is 0 Å². The number of nitrogens with one attached hydrogen (secondary N) is 2. The molecular weight excluding hydrogens is 422 g/mol. The Hall–Kier alpha value is -3.81. The van der Waals surface area contributed by atoms with E-state index in [9.17, 15) is 19.7 Å². The van der Waals surface area contributed by atoms with E-state index in [-0.39, 0.29) is 43.7 Å². The summed E-state index contributed by atoms with van der Waals surface area (Å²) in [5.74, 6) is -1.32. The van der Waals surface area contributed by atoms with Gasteiger partial charge in [0.05, 0.1) is 28.1 Å². The topological polar surface area (TPSA) is 176 Å². The molecule has 3 aromatic heterocycles. The van der Waals surface area contributed by atoms with E-state index in [1.807, 2.05) is 0 Å². The highest BCUT2D eigenvalue weighted by atomic mass is 35.5. The van der Waals surface area contributed by atoms with Crippen LogP contribution in [0.2, 0.25) is 5.02 Å². The van der Waals surface area contributed by atoms with Crippen molar-refractivity contribution < 1.29 is 19.0 Å². The van der Waals surface area contributed by atoms with E-state index in [1.165, 1.54) is 21.6 Å². The molecule has 14 nitrogen and oxygen atoms in total. The van der Waals surface area contributed by atoms with Crippen molar-refractivity contribution in [1.82, 2.24) is 40.3 Å². The summed E-state index contributed by atoms with van der Waals surface area (Å²) in [6.45, 7) is 1.84. The van der Waals surface area contributed by atoms with Crippen LogP contribution in [0.15, 0.2) is 23.0 Å². The summed E-state index contributed by atoms with van der Waals surface area (Å²) < 4.78 is 7.60. The van der Waals surface area contributed by atoms with Gasteiger partial charge in [0.2, 0.25) is 5.91 Å². The molecule has 0 saturated carbocycles. The van der Waals surface area contributed by atoms with Crippen molar-refractivity contribution in [3.05, 3.63) is 51.0 Å². The van der Waals surface area contributed by atoms with Gasteiger partial charge >= 0.3 is 17.6 Å². The maximum Gasteiger partial charge on any atom is 0.390 e. The zero-order chi connectivity index (χ0) is 21.7. The Morgan fingerprint density at radius 2 is 2.10 bits per heavy atom. The minimum atomic E-state index is -0.635. The van der Waals surface area contributed by atoms with Crippen molar-refractivity contribution in [3.63, 3.8) is 0 Å². The monoisotopic (exact) mass is 437 g/mol. The molecule has 3 heterocycles. The zero-order valence-corrected chi connectivity index (χ0v) is 16.4. The minimum Gasteiger partial charge on any atom is -0.358 e. The van der Waals surface area contributed by atoms with Gasteiger partial charge in [0.25, 0.3) is 0 Å². The number of nitro groups is 1. The fourth-order valence-corrected chi connectivity index (χ4v) is 2.52. The van der Waals surface area contributed by atoms with Gasteiger partial charge in [0.1, 0.15) is 13.1 Å². The van der Waals surface area contributed by atoms with E-state index in [4.69, 9.17) is 16.1 Å². The number of amides is 2. The zero-order valence-electron chi connectivity index (χ0n) is 15.6. The van der Waals surface area contributed by atoms with Gasteiger partial charge in [0.15, 0.2) is 5.82 Å². The Labute approximate surface area is 173 Å². The van der Waals surface area contributed by atoms with Crippen LogP contribution in [0.25, 0.3) is 0 Å². The molecule has 3 aromatic rings.